The molecule has 0 unspecified atom stereocenters. The Labute approximate surface area is 200 Å². The Kier molecular flexibility index (Phi) is 7.31. The van der Waals surface area contributed by atoms with E-state index in [4.69, 9.17) is 11.6 Å². The highest BCUT2D eigenvalue weighted by Gasteiger charge is 2.28. The van der Waals surface area contributed by atoms with E-state index in [1.54, 1.807) is 28.0 Å². The van der Waals surface area contributed by atoms with E-state index in [2.05, 4.69) is 15.3 Å². The van der Waals surface area contributed by atoms with E-state index in [1.165, 1.54) is 6.42 Å². The van der Waals surface area contributed by atoms with E-state index in [0.29, 0.717) is 29.5 Å². The molecule has 2 aliphatic heterocycles. The van der Waals surface area contributed by atoms with Crippen molar-refractivity contribution in [1.29, 1.82) is 0 Å². The highest BCUT2D eigenvalue weighted by atomic mass is 35.5. The summed E-state index contributed by atoms with van der Waals surface area (Å²) < 4.78 is 29.6. The summed E-state index contributed by atoms with van der Waals surface area (Å²) in [6.45, 7) is 6.46. The number of aryl methyl sites for hydroxylation is 1. The Balaban J connectivity index is 1.63. The van der Waals surface area contributed by atoms with Crippen molar-refractivity contribution in [2.75, 3.05) is 36.4 Å². The molecule has 0 bridgehead atoms. The van der Waals surface area contributed by atoms with Crippen LogP contribution in [0.5, 0.6) is 0 Å². The molecule has 1 N–H and O–H groups in total. The minimum Gasteiger partial charge on any atom is -0.370 e. The summed E-state index contributed by atoms with van der Waals surface area (Å²) in [6, 6.07) is 5.11. The standard InChI is InChI=1S/C23H32ClN5O3S/c1-17-23(24)18(2)29(26-17)16-22(30)25-20-15-19(33(31,32)28-13-7-4-8-14-28)9-10-21(20)27-11-5-3-6-12-27/h9-10,15H,3-8,11-14,16H2,1-2H3,(H,25,30). The molecule has 0 aliphatic carbocycles. The molecule has 1 aromatic carbocycles. The van der Waals surface area contributed by atoms with Gasteiger partial charge in [0.2, 0.25) is 15.9 Å². The van der Waals surface area contributed by atoms with Gasteiger partial charge < -0.3 is 10.2 Å². The third-order valence-electron chi connectivity index (χ3n) is 6.48. The van der Waals surface area contributed by atoms with Crippen molar-refractivity contribution in [2.24, 2.45) is 0 Å². The Morgan fingerprint density at radius 3 is 2.27 bits per heavy atom. The maximum atomic E-state index is 13.3. The zero-order valence-corrected chi connectivity index (χ0v) is 20.9. The number of halogens is 1. The molecule has 4 rings (SSSR count). The SMILES string of the molecule is Cc1nn(CC(=O)Nc2cc(S(=O)(=O)N3CCCCC3)ccc2N2CCCCC2)c(C)c1Cl. The summed E-state index contributed by atoms with van der Waals surface area (Å²) in [5.74, 6) is -0.275. The molecule has 1 amide bonds. The number of nitrogens with zero attached hydrogens (tertiary/aromatic N) is 4. The topological polar surface area (TPSA) is 87.5 Å². The molecule has 180 valence electrons. The first-order valence-corrected chi connectivity index (χ1v) is 13.5. The first kappa shape index (κ1) is 24.0. The Bertz CT molecular complexity index is 1120. The molecule has 2 aromatic rings. The number of amides is 1. The molecule has 0 atom stereocenters. The zero-order valence-electron chi connectivity index (χ0n) is 19.3. The van der Waals surface area contributed by atoms with Gasteiger partial charge in [0, 0.05) is 26.2 Å². The van der Waals surface area contributed by atoms with Crippen LogP contribution in [0.3, 0.4) is 0 Å². The predicted octanol–water partition coefficient (Wildman–Crippen LogP) is 3.96. The van der Waals surface area contributed by atoms with Crippen molar-refractivity contribution in [3.63, 3.8) is 0 Å². The average Bonchev–Trinajstić information content (AvgIpc) is 3.06. The van der Waals surface area contributed by atoms with E-state index >= 15 is 0 Å². The summed E-state index contributed by atoms with van der Waals surface area (Å²) in [5.41, 5.74) is 2.77. The van der Waals surface area contributed by atoms with E-state index in [1.807, 2.05) is 13.0 Å². The van der Waals surface area contributed by atoms with Gasteiger partial charge >= 0.3 is 0 Å². The maximum Gasteiger partial charge on any atom is 0.246 e. The van der Waals surface area contributed by atoms with Gasteiger partial charge in [-0.25, -0.2) is 8.42 Å². The largest absolute Gasteiger partial charge is 0.370 e. The van der Waals surface area contributed by atoms with Crippen LogP contribution < -0.4 is 10.2 Å². The van der Waals surface area contributed by atoms with Gasteiger partial charge in [0.1, 0.15) is 6.54 Å². The second kappa shape index (κ2) is 10.0. The van der Waals surface area contributed by atoms with Crippen LogP contribution in [0.25, 0.3) is 0 Å². The molecule has 0 spiro atoms. The summed E-state index contributed by atoms with van der Waals surface area (Å²) in [5, 5.41) is 7.84. The van der Waals surface area contributed by atoms with Crippen LogP contribution >= 0.6 is 11.6 Å². The monoisotopic (exact) mass is 493 g/mol. The van der Waals surface area contributed by atoms with Gasteiger partial charge in [0.05, 0.1) is 32.7 Å². The van der Waals surface area contributed by atoms with Crippen molar-refractivity contribution in [3.8, 4) is 0 Å². The maximum absolute atomic E-state index is 13.3. The van der Waals surface area contributed by atoms with E-state index < -0.39 is 10.0 Å². The minimum absolute atomic E-state index is 0.00192. The van der Waals surface area contributed by atoms with Crippen LogP contribution in [0.4, 0.5) is 11.4 Å². The van der Waals surface area contributed by atoms with Crippen molar-refractivity contribution in [2.45, 2.75) is 63.8 Å². The van der Waals surface area contributed by atoms with Crippen LogP contribution in [0.2, 0.25) is 5.02 Å². The highest BCUT2D eigenvalue weighted by molar-refractivity contribution is 7.89. The molecule has 2 aliphatic rings. The second-order valence-electron chi connectivity index (χ2n) is 8.88. The summed E-state index contributed by atoms with van der Waals surface area (Å²) in [6.07, 6.45) is 6.13. The van der Waals surface area contributed by atoms with E-state index in [0.717, 1.165) is 56.6 Å². The van der Waals surface area contributed by atoms with Crippen molar-refractivity contribution < 1.29 is 13.2 Å². The van der Waals surface area contributed by atoms with Crippen molar-refractivity contribution in [1.82, 2.24) is 14.1 Å². The van der Waals surface area contributed by atoms with Crippen LogP contribution in [0, 0.1) is 13.8 Å². The van der Waals surface area contributed by atoms with Gasteiger partial charge in [0.25, 0.3) is 0 Å². The third-order valence-corrected chi connectivity index (χ3v) is 8.92. The number of carbonyl (C=O) groups is 1. The van der Waals surface area contributed by atoms with Crippen LogP contribution in [0.15, 0.2) is 23.1 Å². The van der Waals surface area contributed by atoms with Gasteiger partial charge in [-0.15, -0.1) is 0 Å². The van der Waals surface area contributed by atoms with Gasteiger partial charge in [-0.05, 0) is 64.2 Å². The number of nitrogens with one attached hydrogen (secondary N) is 1. The smallest absolute Gasteiger partial charge is 0.246 e. The molecule has 8 nitrogen and oxygen atoms in total. The quantitative estimate of drug-likeness (QED) is 0.658. The first-order valence-electron chi connectivity index (χ1n) is 11.7. The van der Waals surface area contributed by atoms with Crippen LogP contribution in [0.1, 0.15) is 49.9 Å². The lowest BCUT2D eigenvalue weighted by molar-refractivity contribution is -0.116. The van der Waals surface area contributed by atoms with Gasteiger partial charge in [0.15, 0.2) is 0 Å². The molecular weight excluding hydrogens is 462 g/mol. The summed E-state index contributed by atoms with van der Waals surface area (Å²) >= 11 is 6.22. The number of benzene rings is 1. The highest BCUT2D eigenvalue weighted by Crippen LogP contribution is 2.33. The molecule has 33 heavy (non-hydrogen) atoms. The van der Waals surface area contributed by atoms with Gasteiger partial charge in [-0.2, -0.15) is 9.40 Å². The number of sulfonamides is 1. The Morgan fingerprint density at radius 1 is 1.03 bits per heavy atom. The fourth-order valence-corrected chi connectivity index (χ4v) is 6.27. The van der Waals surface area contributed by atoms with Gasteiger partial charge in [-0.3, -0.25) is 9.48 Å². The molecule has 10 heteroatoms. The molecule has 2 fully saturated rings. The number of hydrogen-bond donors (Lipinski definition) is 1. The Morgan fingerprint density at radius 2 is 1.67 bits per heavy atom. The molecule has 2 saturated heterocycles. The normalized spacial score (nSPS) is 17.8. The van der Waals surface area contributed by atoms with Crippen LogP contribution in [-0.4, -0.2) is 54.6 Å². The fraction of sp³-hybridized carbons (Fsp3) is 0.565. The lowest BCUT2D eigenvalue weighted by atomic mass is 10.1. The molecule has 3 heterocycles. The summed E-state index contributed by atoms with van der Waals surface area (Å²) in [7, 11) is -3.61. The van der Waals surface area contributed by atoms with Gasteiger partial charge in [-0.1, -0.05) is 18.0 Å². The lowest BCUT2D eigenvalue weighted by Crippen LogP contribution is -2.36. The van der Waals surface area contributed by atoms with E-state index in [9.17, 15) is 13.2 Å². The molecule has 1 aromatic heterocycles. The fourth-order valence-electron chi connectivity index (χ4n) is 4.60. The lowest BCUT2D eigenvalue weighted by Gasteiger charge is -2.31. The van der Waals surface area contributed by atoms with Crippen LogP contribution in [-0.2, 0) is 21.4 Å². The molecular formula is C23H32ClN5O3S. The molecule has 0 radical (unpaired) electrons. The zero-order chi connectivity index (χ0) is 23.6. The second-order valence-corrected chi connectivity index (χ2v) is 11.2. The number of aromatic nitrogens is 2. The predicted molar refractivity (Wildman–Crippen MR) is 130 cm³/mol. The first-order chi connectivity index (χ1) is 15.8. The Hall–Kier alpha value is -2.10. The van der Waals surface area contributed by atoms with E-state index in [-0.39, 0.29) is 17.3 Å². The number of carbonyl (C=O) groups excluding carboxylic acids is 1. The molecule has 0 saturated carbocycles. The summed E-state index contributed by atoms with van der Waals surface area (Å²) in [4.78, 5) is 15.4. The van der Waals surface area contributed by atoms with Crippen molar-refractivity contribution >= 4 is 38.9 Å². The number of hydrogen-bond acceptors (Lipinski definition) is 5. The van der Waals surface area contributed by atoms with Crippen molar-refractivity contribution in [3.05, 3.63) is 34.6 Å². The number of anilines is 2. The number of piperidine rings is 2. The minimum atomic E-state index is -3.61. The number of rotatable bonds is 6. The third kappa shape index (κ3) is 5.20. The average molecular weight is 494 g/mol.